The van der Waals surface area contributed by atoms with Crippen LogP contribution in [-0.2, 0) is 4.79 Å². The third-order valence-corrected chi connectivity index (χ3v) is 10.4. The fourth-order valence-electron chi connectivity index (χ4n) is 8.92. The quantitative estimate of drug-likeness (QED) is 0.644. The molecule has 7 rings (SSSR count). The smallest absolute Gasteiger partial charge is 0.144 e. The maximum atomic E-state index is 13.6. The first-order valence-corrected chi connectivity index (χ1v) is 10.7. The van der Waals surface area contributed by atoms with Crippen LogP contribution in [0.25, 0.3) is 0 Å². The van der Waals surface area contributed by atoms with E-state index in [1.165, 1.54) is 19.3 Å². The van der Waals surface area contributed by atoms with Crippen molar-refractivity contribution in [2.45, 2.75) is 79.6 Å². The summed E-state index contributed by atoms with van der Waals surface area (Å²) in [5, 5.41) is 0. The van der Waals surface area contributed by atoms with Gasteiger partial charge in [-0.3, -0.25) is 4.79 Å². The van der Waals surface area contributed by atoms with Crippen LogP contribution in [0.2, 0.25) is 0 Å². The van der Waals surface area contributed by atoms with Crippen LogP contribution in [0.15, 0.2) is 0 Å². The Labute approximate surface area is 148 Å². The number of Topliss-reactive ketones (excluding diaryl/α,β-unsaturated/α-hetero) is 1. The van der Waals surface area contributed by atoms with Gasteiger partial charge in [0.2, 0.25) is 0 Å². The number of carbonyl (C=O) groups is 1. The normalized spacial score (nSPS) is 51.5. The van der Waals surface area contributed by atoms with Crippen LogP contribution in [0.4, 0.5) is 0 Å². The number of hydrogen-bond acceptors (Lipinski definition) is 1. The highest BCUT2D eigenvalue weighted by molar-refractivity contribution is 5.90. The highest BCUT2D eigenvalue weighted by atomic mass is 16.1. The second-order valence-electron chi connectivity index (χ2n) is 11.6. The van der Waals surface area contributed by atoms with E-state index < -0.39 is 0 Å². The van der Waals surface area contributed by atoms with E-state index >= 15 is 0 Å². The molecule has 0 heterocycles. The van der Waals surface area contributed by atoms with Crippen LogP contribution >= 0.6 is 0 Å². The van der Waals surface area contributed by atoms with Crippen LogP contribution in [0, 0.1) is 57.7 Å². The van der Waals surface area contributed by atoms with Crippen molar-refractivity contribution in [2.24, 2.45) is 57.7 Å². The van der Waals surface area contributed by atoms with Gasteiger partial charge in [0, 0.05) is 10.8 Å². The molecule has 0 atom stereocenters. The zero-order valence-electron chi connectivity index (χ0n) is 16.4. The van der Waals surface area contributed by atoms with Gasteiger partial charge in [-0.15, -0.1) is 0 Å². The molecule has 0 aromatic heterocycles. The molecule has 0 unspecified atom stereocenters. The molecule has 1 nitrogen and oxygen atoms in total. The molecule has 134 valence electrons. The summed E-state index contributed by atoms with van der Waals surface area (Å²) in [6, 6.07) is 0. The van der Waals surface area contributed by atoms with Crippen molar-refractivity contribution in [1.29, 1.82) is 0 Å². The number of ketones is 1. The Bertz CT molecular complexity index is 523. The van der Waals surface area contributed by atoms with E-state index in [0.717, 1.165) is 47.8 Å². The molecule has 0 aromatic rings. The summed E-state index contributed by atoms with van der Waals surface area (Å²) in [4.78, 5) is 13.6. The van der Waals surface area contributed by atoms with E-state index in [9.17, 15) is 4.79 Å². The van der Waals surface area contributed by atoms with Gasteiger partial charge in [0.05, 0.1) is 0 Å². The highest BCUT2D eigenvalue weighted by Gasteiger charge is 2.70. The van der Waals surface area contributed by atoms with Crippen molar-refractivity contribution in [3.05, 3.63) is 0 Å². The predicted molar refractivity (Wildman–Crippen MR) is 97.4 cm³/mol. The summed E-state index contributed by atoms with van der Waals surface area (Å²) >= 11 is 0. The van der Waals surface area contributed by atoms with Gasteiger partial charge in [0.1, 0.15) is 5.78 Å². The van der Waals surface area contributed by atoms with Crippen molar-refractivity contribution in [3.63, 3.8) is 0 Å². The Kier molecular flexibility index (Phi) is 2.98. The first kappa shape index (κ1) is 15.9. The minimum absolute atomic E-state index is 0.139. The van der Waals surface area contributed by atoms with Crippen molar-refractivity contribution < 1.29 is 4.79 Å². The summed E-state index contributed by atoms with van der Waals surface area (Å²) in [7, 11) is 0. The van der Waals surface area contributed by atoms with Crippen LogP contribution in [0.5, 0.6) is 0 Å². The van der Waals surface area contributed by atoms with Gasteiger partial charge in [-0.25, -0.2) is 0 Å². The van der Waals surface area contributed by atoms with Gasteiger partial charge in [0.25, 0.3) is 0 Å². The van der Waals surface area contributed by atoms with Crippen LogP contribution in [0.1, 0.15) is 79.6 Å². The molecule has 7 fully saturated rings. The summed E-state index contributed by atoms with van der Waals surface area (Å²) < 4.78 is 0. The van der Waals surface area contributed by atoms with Crippen LogP contribution in [0.3, 0.4) is 0 Å². The molecule has 7 saturated carbocycles. The van der Waals surface area contributed by atoms with Crippen molar-refractivity contribution in [2.75, 3.05) is 0 Å². The lowest BCUT2D eigenvalue weighted by molar-refractivity contribution is -0.255. The molecule has 1 heteroatoms. The lowest BCUT2D eigenvalue weighted by Gasteiger charge is -2.74. The minimum Gasteiger partial charge on any atom is -0.298 e. The molecule has 0 spiro atoms. The van der Waals surface area contributed by atoms with E-state index in [4.69, 9.17) is 0 Å². The van der Waals surface area contributed by atoms with Gasteiger partial charge in [-0.2, -0.15) is 0 Å². The van der Waals surface area contributed by atoms with Crippen molar-refractivity contribution in [3.8, 4) is 0 Å². The second-order valence-corrected chi connectivity index (χ2v) is 11.6. The summed E-state index contributed by atoms with van der Waals surface area (Å²) in [5.74, 6) is 7.70. The van der Waals surface area contributed by atoms with Crippen LogP contribution < -0.4 is 0 Å². The highest BCUT2D eigenvalue weighted by Crippen LogP contribution is 2.77. The molecular weight excluding hydrogens is 292 g/mol. The van der Waals surface area contributed by atoms with Gasteiger partial charge < -0.3 is 0 Å². The van der Waals surface area contributed by atoms with Gasteiger partial charge in [-0.1, -0.05) is 34.6 Å². The average Bonchev–Trinajstić information content (AvgIpc) is 2.57. The summed E-state index contributed by atoms with van der Waals surface area (Å²) in [5.41, 5.74) is 0.0223. The molecule has 0 aromatic carbocycles. The van der Waals surface area contributed by atoms with Crippen molar-refractivity contribution >= 4 is 5.78 Å². The zero-order chi connectivity index (χ0) is 17.1. The molecule has 24 heavy (non-hydrogen) atoms. The first-order valence-electron chi connectivity index (χ1n) is 10.7. The van der Waals surface area contributed by atoms with Crippen molar-refractivity contribution in [1.82, 2.24) is 0 Å². The monoisotopic (exact) mass is 328 g/mol. The average molecular weight is 329 g/mol. The molecule has 0 aliphatic heterocycles. The second kappa shape index (κ2) is 4.49. The molecule has 0 saturated heterocycles. The number of carbonyl (C=O) groups excluding carboxylic acids is 1. The van der Waals surface area contributed by atoms with Gasteiger partial charge in [0.15, 0.2) is 0 Å². The summed E-state index contributed by atoms with van der Waals surface area (Å²) in [6.07, 6.45) is 9.74. The summed E-state index contributed by atoms with van der Waals surface area (Å²) in [6.45, 7) is 11.2. The lowest BCUT2D eigenvalue weighted by Crippen LogP contribution is -2.68. The zero-order valence-corrected chi connectivity index (χ0v) is 16.4. The largest absolute Gasteiger partial charge is 0.298 e. The fourth-order valence-corrected chi connectivity index (χ4v) is 8.92. The number of hydrogen-bond donors (Lipinski definition) is 0. The molecule has 0 radical (unpaired) electrons. The Morgan fingerprint density at radius 1 is 0.833 bits per heavy atom. The van der Waals surface area contributed by atoms with E-state index in [2.05, 4.69) is 34.6 Å². The standard InChI is InChI=1S/C23H36O/c1-6-21(2,3)20(24)22(4,5)23-10-17-14-7-13-8-15(17)19(12-23)16(9-13)18(14)11-23/h13-19H,6-12H2,1-5H3. The molecule has 0 amide bonds. The third-order valence-electron chi connectivity index (χ3n) is 10.4. The Morgan fingerprint density at radius 3 is 1.62 bits per heavy atom. The fraction of sp³-hybridized carbons (Fsp3) is 0.957. The van der Waals surface area contributed by atoms with Crippen LogP contribution in [-0.4, -0.2) is 5.78 Å². The molecule has 7 aliphatic rings. The molecular formula is C23H36O. The molecule has 0 N–H and O–H groups in total. The lowest BCUT2D eigenvalue weighted by atomic mass is 9.30. The Balaban J connectivity index is 1.53. The Hall–Kier alpha value is -0.330. The molecule has 7 aliphatic carbocycles. The maximum absolute atomic E-state index is 13.6. The Morgan fingerprint density at radius 2 is 1.25 bits per heavy atom. The van der Waals surface area contributed by atoms with E-state index in [0.29, 0.717) is 11.2 Å². The SMILES string of the molecule is CCC(C)(C)C(=O)C(C)(C)C12CC3C4CC5CC3C(C1)C(C5)C4C2. The van der Waals surface area contributed by atoms with Gasteiger partial charge in [-0.05, 0) is 91.8 Å². The number of rotatable bonds is 4. The topological polar surface area (TPSA) is 17.1 Å². The molecule has 8 bridgehead atoms. The predicted octanol–water partition coefficient (Wildman–Crippen LogP) is 5.73. The van der Waals surface area contributed by atoms with Gasteiger partial charge >= 0.3 is 0 Å². The maximum Gasteiger partial charge on any atom is 0.144 e. The van der Waals surface area contributed by atoms with E-state index in [-0.39, 0.29) is 10.8 Å². The van der Waals surface area contributed by atoms with E-state index in [1.54, 1.807) is 19.3 Å². The third kappa shape index (κ3) is 1.66. The first-order chi connectivity index (χ1) is 11.2. The van der Waals surface area contributed by atoms with E-state index in [1.807, 2.05) is 0 Å². The minimum atomic E-state index is -0.162.